The SMILES string of the molecule is CCN(C)Cc1cccc(CNc2ncnc3ccc(S(C)(=O)=O)cc23)c1. The van der Waals surface area contributed by atoms with E-state index < -0.39 is 9.84 Å². The van der Waals surface area contributed by atoms with Crippen molar-refractivity contribution in [2.75, 3.05) is 25.2 Å². The first-order chi connectivity index (χ1) is 12.9. The maximum Gasteiger partial charge on any atom is 0.175 e. The van der Waals surface area contributed by atoms with Crippen molar-refractivity contribution in [3.63, 3.8) is 0 Å². The molecule has 0 bridgehead atoms. The number of nitrogens with one attached hydrogen (secondary N) is 1. The molecule has 0 amide bonds. The van der Waals surface area contributed by atoms with Crippen LogP contribution >= 0.6 is 0 Å². The van der Waals surface area contributed by atoms with Crippen molar-refractivity contribution in [2.24, 2.45) is 0 Å². The standard InChI is InChI=1S/C20H24N4O2S/c1-4-24(2)13-16-7-5-6-15(10-16)12-21-20-18-11-17(27(3,25)26)8-9-19(18)22-14-23-20/h5-11,14H,4,12-13H2,1-3H3,(H,21,22,23). The van der Waals surface area contributed by atoms with E-state index in [0.717, 1.165) is 18.7 Å². The molecule has 0 aliphatic heterocycles. The molecule has 2 aromatic carbocycles. The number of aromatic nitrogens is 2. The number of rotatable bonds is 7. The molecule has 0 saturated heterocycles. The fourth-order valence-corrected chi connectivity index (χ4v) is 3.50. The molecular formula is C20H24N4O2S. The Bertz CT molecular complexity index is 1050. The summed E-state index contributed by atoms with van der Waals surface area (Å²) in [7, 11) is -1.19. The van der Waals surface area contributed by atoms with Crippen LogP contribution in [0.2, 0.25) is 0 Å². The summed E-state index contributed by atoms with van der Waals surface area (Å²) < 4.78 is 23.7. The average Bonchev–Trinajstić information content (AvgIpc) is 2.65. The first-order valence-corrected chi connectivity index (χ1v) is 10.7. The Morgan fingerprint density at radius 1 is 1.07 bits per heavy atom. The molecule has 0 radical (unpaired) electrons. The summed E-state index contributed by atoms with van der Waals surface area (Å²) in [5.41, 5.74) is 3.10. The summed E-state index contributed by atoms with van der Waals surface area (Å²) in [6.07, 6.45) is 2.68. The zero-order valence-electron chi connectivity index (χ0n) is 15.8. The maximum atomic E-state index is 11.9. The molecule has 1 aromatic heterocycles. The van der Waals surface area contributed by atoms with Gasteiger partial charge in [-0.1, -0.05) is 31.2 Å². The lowest BCUT2D eigenvalue weighted by Crippen LogP contribution is -2.16. The number of hydrogen-bond donors (Lipinski definition) is 1. The molecule has 0 saturated carbocycles. The Hall–Kier alpha value is -2.51. The van der Waals surface area contributed by atoms with Crippen LogP contribution in [0.1, 0.15) is 18.1 Å². The Balaban J connectivity index is 1.84. The number of nitrogens with zero attached hydrogens (tertiary/aromatic N) is 3. The zero-order valence-corrected chi connectivity index (χ0v) is 16.6. The van der Waals surface area contributed by atoms with Crippen LogP contribution in [-0.4, -0.2) is 43.1 Å². The van der Waals surface area contributed by atoms with Crippen LogP contribution in [0.3, 0.4) is 0 Å². The van der Waals surface area contributed by atoms with E-state index in [0.29, 0.717) is 23.3 Å². The highest BCUT2D eigenvalue weighted by molar-refractivity contribution is 7.90. The highest BCUT2D eigenvalue weighted by atomic mass is 32.2. The van der Waals surface area contributed by atoms with E-state index >= 15 is 0 Å². The van der Waals surface area contributed by atoms with Crippen molar-refractivity contribution < 1.29 is 8.42 Å². The minimum Gasteiger partial charge on any atom is -0.365 e. The smallest absolute Gasteiger partial charge is 0.175 e. The molecule has 3 aromatic rings. The third-order valence-corrected chi connectivity index (χ3v) is 5.59. The van der Waals surface area contributed by atoms with Crippen LogP contribution in [0.4, 0.5) is 5.82 Å². The van der Waals surface area contributed by atoms with Gasteiger partial charge in [0.05, 0.1) is 10.4 Å². The van der Waals surface area contributed by atoms with Crippen molar-refractivity contribution in [2.45, 2.75) is 24.9 Å². The number of hydrogen-bond acceptors (Lipinski definition) is 6. The maximum absolute atomic E-state index is 11.9. The van der Waals surface area contributed by atoms with Crippen LogP contribution in [0.15, 0.2) is 53.7 Å². The van der Waals surface area contributed by atoms with Gasteiger partial charge in [-0.15, -0.1) is 0 Å². The van der Waals surface area contributed by atoms with E-state index in [-0.39, 0.29) is 4.90 Å². The first kappa shape index (κ1) is 19.3. The van der Waals surface area contributed by atoms with Crippen LogP contribution in [0.5, 0.6) is 0 Å². The summed E-state index contributed by atoms with van der Waals surface area (Å²) in [5.74, 6) is 0.626. The Morgan fingerprint density at radius 2 is 1.85 bits per heavy atom. The molecule has 1 heterocycles. The molecule has 7 heteroatoms. The first-order valence-electron chi connectivity index (χ1n) is 8.82. The molecule has 0 fully saturated rings. The van der Waals surface area contributed by atoms with Gasteiger partial charge in [0.2, 0.25) is 0 Å². The lowest BCUT2D eigenvalue weighted by molar-refractivity contribution is 0.345. The highest BCUT2D eigenvalue weighted by Crippen LogP contribution is 2.23. The van der Waals surface area contributed by atoms with Gasteiger partial charge in [0.15, 0.2) is 9.84 Å². The minimum atomic E-state index is -3.29. The lowest BCUT2D eigenvalue weighted by atomic mass is 10.1. The fraction of sp³-hybridized carbons (Fsp3) is 0.300. The fourth-order valence-electron chi connectivity index (χ4n) is 2.85. The lowest BCUT2D eigenvalue weighted by Gasteiger charge is -2.15. The van der Waals surface area contributed by atoms with Gasteiger partial charge >= 0.3 is 0 Å². The van der Waals surface area contributed by atoms with Crippen molar-refractivity contribution in [1.82, 2.24) is 14.9 Å². The monoisotopic (exact) mass is 384 g/mol. The van der Waals surface area contributed by atoms with E-state index in [2.05, 4.69) is 58.4 Å². The molecule has 142 valence electrons. The van der Waals surface area contributed by atoms with E-state index in [1.165, 1.54) is 18.1 Å². The summed E-state index contributed by atoms with van der Waals surface area (Å²) in [4.78, 5) is 11.0. The van der Waals surface area contributed by atoms with Gasteiger partial charge in [0.1, 0.15) is 12.1 Å². The van der Waals surface area contributed by atoms with Crippen LogP contribution in [0.25, 0.3) is 10.9 Å². The van der Waals surface area contributed by atoms with Gasteiger partial charge in [0, 0.05) is 24.7 Å². The number of benzene rings is 2. The van der Waals surface area contributed by atoms with Crippen molar-refractivity contribution in [1.29, 1.82) is 0 Å². The van der Waals surface area contributed by atoms with E-state index in [9.17, 15) is 8.42 Å². The largest absolute Gasteiger partial charge is 0.365 e. The van der Waals surface area contributed by atoms with E-state index in [1.807, 2.05) is 0 Å². The van der Waals surface area contributed by atoms with Crippen molar-refractivity contribution >= 4 is 26.6 Å². The number of sulfone groups is 1. The predicted octanol–water partition coefficient (Wildman–Crippen LogP) is 3.10. The van der Waals surface area contributed by atoms with Crippen LogP contribution < -0.4 is 5.32 Å². The molecule has 0 unspecified atom stereocenters. The average molecular weight is 385 g/mol. The topological polar surface area (TPSA) is 75.2 Å². The Labute approximate surface area is 160 Å². The third kappa shape index (κ3) is 4.81. The van der Waals surface area contributed by atoms with Crippen molar-refractivity contribution in [3.8, 4) is 0 Å². The van der Waals surface area contributed by atoms with Gasteiger partial charge < -0.3 is 10.2 Å². The van der Waals surface area contributed by atoms with Gasteiger partial charge in [-0.2, -0.15) is 0 Å². The highest BCUT2D eigenvalue weighted by Gasteiger charge is 2.11. The molecule has 0 spiro atoms. The molecule has 3 rings (SSSR count). The minimum absolute atomic E-state index is 0.262. The van der Waals surface area contributed by atoms with Gasteiger partial charge in [-0.3, -0.25) is 0 Å². The second-order valence-electron chi connectivity index (χ2n) is 6.68. The normalized spacial score (nSPS) is 11.9. The van der Waals surface area contributed by atoms with Gasteiger partial charge in [-0.05, 0) is 42.9 Å². The quantitative estimate of drug-likeness (QED) is 0.675. The summed E-state index contributed by atoms with van der Waals surface area (Å²) in [6.45, 7) is 4.63. The number of fused-ring (bicyclic) bond motifs is 1. The molecule has 1 N–H and O–H groups in total. The van der Waals surface area contributed by atoms with Gasteiger partial charge in [0.25, 0.3) is 0 Å². The molecule has 0 atom stereocenters. The molecular weight excluding hydrogens is 360 g/mol. The molecule has 0 aliphatic rings. The third-order valence-electron chi connectivity index (χ3n) is 4.48. The van der Waals surface area contributed by atoms with E-state index in [1.54, 1.807) is 18.2 Å². The molecule has 27 heavy (non-hydrogen) atoms. The molecule has 0 aliphatic carbocycles. The summed E-state index contributed by atoms with van der Waals surface area (Å²) >= 11 is 0. The second-order valence-corrected chi connectivity index (χ2v) is 8.69. The Kier molecular flexibility index (Phi) is 5.72. The van der Waals surface area contributed by atoms with Gasteiger partial charge in [-0.25, -0.2) is 18.4 Å². The summed E-state index contributed by atoms with van der Waals surface area (Å²) in [6, 6.07) is 13.3. The van der Waals surface area contributed by atoms with Crippen molar-refractivity contribution in [3.05, 3.63) is 59.9 Å². The second kappa shape index (κ2) is 8.02. The van der Waals surface area contributed by atoms with Crippen LogP contribution in [0, 0.1) is 0 Å². The molecule has 6 nitrogen and oxygen atoms in total. The Morgan fingerprint density at radius 3 is 2.59 bits per heavy atom. The predicted molar refractivity (Wildman–Crippen MR) is 108 cm³/mol. The van der Waals surface area contributed by atoms with Crippen LogP contribution in [-0.2, 0) is 22.9 Å². The van der Waals surface area contributed by atoms with E-state index in [4.69, 9.17) is 0 Å². The number of anilines is 1. The summed E-state index contributed by atoms with van der Waals surface area (Å²) in [5, 5.41) is 4.01. The zero-order chi connectivity index (χ0) is 19.4.